The maximum absolute atomic E-state index is 14.2. The summed E-state index contributed by atoms with van der Waals surface area (Å²) in [5, 5.41) is 18.6. The summed E-state index contributed by atoms with van der Waals surface area (Å²) in [4.78, 5) is 73.4. The average molecular weight is 730 g/mol. The minimum absolute atomic E-state index is 0.00954. The van der Waals surface area contributed by atoms with Gasteiger partial charge in [-0.25, -0.2) is 4.98 Å². The molecule has 0 spiro atoms. The fraction of sp³-hybridized carbons (Fsp3) is 0.632. The monoisotopic (exact) mass is 729 g/mol. The Morgan fingerprint density at radius 2 is 1.80 bits per heavy atom. The maximum Gasteiger partial charge on any atom is 0.303 e. The highest BCUT2D eigenvalue weighted by Crippen LogP contribution is 2.31. The molecular formula is C38H57N5O7S. The summed E-state index contributed by atoms with van der Waals surface area (Å²) in [5.41, 5.74) is 1.03. The van der Waals surface area contributed by atoms with E-state index in [9.17, 15) is 29.1 Å². The quantitative estimate of drug-likeness (QED) is 0.140. The number of hydrogen-bond acceptors (Lipinski definition) is 10. The summed E-state index contributed by atoms with van der Waals surface area (Å²) in [6.07, 6.45) is 2.25. The van der Waals surface area contributed by atoms with Crippen LogP contribution in [0.4, 0.5) is 0 Å². The van der Waals surface area contributed by atoms with E-state index >= 15 is 0 Å². The number of aliphatic hydroxyl groups excluding tert-OH is 1. The molecule has 13 heteroatoms. The lowest BCUT2D eigenvalue weighted by molar-refractivity contribution is -0.151. The van der Waals surface area contributed by atoms with Crippen molar-refractivity contribution in [1.82, 2.24) is 25.4 Å². The smallest absolute Gasteiger partial charge is 0.303 e. The second kappa shape index (κ2) is 19.8. The Bertz CT molecular complexity index is 1520. The van der Waals surface area contributed by atoms with Gasteiger partial charge in [0.2, 0.25) is 11.8 Å². The number of aromatic nitrogens is 1. The van der Waals surface area contributed by atoms with Gasteiger partial charge in [-0.1, -0.05) is 71.3 Å². The Morgan fingerprint density at radius 1 is 1.12 bits per heavy atom. The first-order valence-corrected chi connectivity index (χ1v) is 18.8. The fourth-order valence-corrected chi connectivity index (χ4v) is 7.34. The van der Waals surface area contributed by atoms with Crippen LogP contribution in [0.15, 0.2) is 35.7 Å². The first kappa shape index (κ1) is 40.1. The number of benzene rings is 1. The molecule has 0 aliphatic carbocycles. The maximum atomic E-state index is 14.2. The van der Waals surface area contributed by atoms with Crippen molar-refractivity contribution in [3.8, 4) is 0 Å². The number of esters is 1. The summed E-state index contributed by atoms with van der Waals surface area (Å²) in [6, 6.07) is 5.17. The first-order valence-electron chi connectivity index (χ1n) is 18.5. The molecule has 3 rings (SSSR count). The number of aliphatic hydroxyl groups is 1. The molecule has 0 saturated carbocycles. The molecule has 12 nitrogen and oxygen atoms in total. The van der Waals surface area contributed by atoms with Crippen LogP contribution in [0, 0.1) is 17.8 Å². The summed E-state index contributed by atoms with van der Waals surface area (Å²) >= 11 is 1.15. The molecule has 1 fully saturated rings. The van der Waals surface area contributed by atoms with Crippen LogP contribution < -0.4 is 10.6 Å². The second-order valence-electron chi connectivity index (χ2n) is 14.2. The molecule has 2 heterocycles. The number of nitrogens with zero attached hydrogens (tertiary/aromatic N) is 3. The number of amides is 3. The van der Waals surface area contributed by atoms with Crippen molar-refractivity contribution >= 4 is 40.8 Å². The van der Waals surface area contributed by atoms with Crippen LogP contribution in [0.5, 0.6) is 0 Å². The number of Topliss-reactive ketones (excluding diaryl/α,β-unsaturated/α-hetero) is 1. The van der Waals surface area contributed by atoms with E-state index in [1.54, 1.807) is 17.5 Å². The van der Waals surface area contributed by atoms with Gasteiger partial charge < -0.3 is 25.4 Å². The lowest BCUT2D eigenvalue weighted by Crippen LogP contribution is -2.58. The topological polar surface area (TPSA) is 158 Å². The van der Waals surface area contributed by atoms with Gasteiger partial charge in [0.15, 0.2) is 6.10 Å². The molecule has 1 aromatic carbocycles. The third-order valence-corrected chi connectivity index (χ3v) is 10.9. The van der Waals surface area contributed by atoms with Gasteiger partial charge in [0.25, 0.3) is 5.91 Å². The largest absolute Gasteiger partial charge is 0.455 e. The zero-order valence-corrected chi connectivity index (χ0v) is 32.1. The van der Waals surface area contributed by atoms with E-state index < -0.39 is 42.7 Å². The van der Waals surface area contributed by atoms with Crippen molar-refractivity contribution in [2.24, 2.45) is 17.8 Å². The van der Waals surface area contributed by atoms with Crippen LogP contribution >= 0.6 is 11.3 Å². The van der Waals surface area contributed by atoms with Gasteiger partial charge in [0, 0.05) is 36.7 Å². The second-order valence-corrected chi connectivity index (χ2v) is 15.1. The van der Waals surface area contributed by atoms with Crippen LogP contribution in [-0.2, 0) is 30.3 Å². The standard InChI is InChI=1S/C38H57N5O7S/c1-9-24(4)34(41-36(48)31-16-13-17-42(31)8)38(49)43(22-44)32(23(2)3)20-33(50-27(7)46)37-40-30(21-51-37)35(47)39-29(18-25(5)26(6)45)19-28-14-11-10-12-15-28/h10-12,14-15,21,23-25,29,31-34,44H,9,13,16-20,22H2,1-8H3,(H,39,47)(H,41,48)/i10T. The number of hydrogen-bond donors (Lipinski definition) is 3. The van der Waals surface area contributed by atoms with Gasteiger partial charge in [-0.3, -0.25) is 28.9 Å². The molecule has 1 saturated heterocycles. The molecular weight excluding hydrogens is 671 g/mol. The predicted molar refractivity (Wildman–Crippen MR) is 197 cm³/mol. The Balaban J connectivity index is 1.85. The number of rotatable bonds is 19. The minimum Gasteiger partial charge on any atom is -0.455 e. The molecule has 2 aromatic rings. The van der Waals surface area contributed by atoms with Crippen molar-refractivity contribution in [1.29, 1.82) is 0 Å². The summed E-state index contributed by atoms with van der Waals surface area (Å²) in [7, 11) is 1.89. The molecule has 3 amide bonds. The van der Waals surface area contributed by atoms with E-state index in [4.69, 9.17) is 6.11 Å². The lowest BCUT2D eigenvalue weighted by atomic mass is 9.92. The Morgan fingerprint density at radius 3 is 2.35 bits per heavy atom. The van der Waals surface area contributed by atoms with Gasteiger partial charge in [0.1, 0.15) is 29.3 Å². The zero-order valence-electron chi connectivity index (χ0n) is 32.3. The number of nitrogens with one attached hydrogen (secondary N) is 2. The molecule has 1 aliphatic rings. The van der Waals surface area contributed by atoms with E-state index in [0.29, 0.717) is 36.7 Å². The van der Waals surface area contributed by atoms with E-state index in [1.807, 2.05) is 58.7 Å². The van der Waals surface area contributed by atoms with Gasteiger partial charge in [-0.15, -0.1) is 11.3 Å². The summed E-state index contributed by atoms with van der Waals surface area (Å²) in [6.45, 7) is 12.4. The van der Waals surface area contributed by atoms with E-state index in [2.05, 4.69) is 15.6 Å². The minimum atomic E-state index is -0.931. The van der Waals surface area contributed by atoms with Crippen molar-refractivity contribution in [3.05, 3.63) is 52.0 Å². The van der Waals surface area contributed by atoms with Crippen molar-refractivity contribution in [2.75, 3.05) is 20.3 Å². The van der Waals surface area contributed by atoms with Crippen LogP contribution in [0.25, 0.3) is 0 Å². The number of carbonyl (C=O) groups is 5. The van der Waals surface area contributed by atoms with Gasteiger partial charge >= 0.3 is 5.97 Å². The SMILES string of the molecule is [3H]c1ccc(CC(CC(C)C(C)=O)NC(=O)c2csc(C(CC(C(C)C)N(CO)C(=O)C(NC(=O)C3CCCN3C)C(C)CC)OC(C)=O)n2)cc1. The first-order chi connectivity index (χ1) is 24.6. The van der Waals surface area contributed by atoms with E-state index in [1.165, 1.54) is 18.7 Å². The Labute approximate surface area is 308 Å². The van der Waals surface area contributed by atoms with Crippen molar-refractivity contribution in [2.45, 2.75) is 117 Å². The molecule has 7 unspecified atom stereocenters. The normalized spacial score (nSPS) is 18.5. The molecule has 1 aliphatic heterocycles. The lowest BCUT2D eigenvalue weighted by Gasteiger charge is -2.38. The Kier molecular flexibility index (Phi) is 15.6. The predicted octanol–water partition coefficient (Wildman–Crippen LogP) is 4.52. The molecule has 282 valence electrons. The van der Waals surface area contributed by atoms with Gasteiger partial charge in [-0.2, -0.15) is 0 Å². The van der Waals surface area contributed by atoms with Gasteiger partial charge in [0.05, 0.1) is 7.41 Å². The van der Waals surface area contributed by atoms with Crippen molar-refractivity contribution < 1.29 is 35.2 Å². The van der Waals surface area contributed by atoms with Crippen molar-refractivity contribution in [3.63, 3.8) is 0 Å². The van der Waals surface area contributed by atoms with Crippen LogP contribution in [0.2, 0.25) is 0 Å². The fourth-order valence-electron chi connectivity index (χ4n) is 6.50. The third kappa shape index (κ3) is 11.9. The number of likely N-dealkylation sites (tertiary alicyclic amines) is 1. The zero-order chi connectivity index (χ0) is 38.7. The van der Waals surface area contributed by atoms with Crippen LogP contribution in [0.1, 0.15) is 109 Å². The molecule has 3 N–H and O–H groups in total. The highest BCUT2D eigenvalue weighted by molar-refractivity contribution is 7.09. The summed E-state index contributed by atoms with van der Waals surface area (Å²) in [5.74, 6) is -2.35. The number of thiazole rings is 1. The highest BCUT2D eigenvalue weighted by Gasteiger charge is 2.39. The molecule has 7 atom stereocenters. The van der Waals surface area contributed by atoms with Gasteiger partial charge in [-0.05, 0) is 63.6 Å². The highest BCUT2D eigenvalue weighted by atomic mass is 32.1. The molecule has 51 heavy (non-hydrogen) atoms. The van der Waals surface area contributed by atoms with E-state index in [0.717, 1.165) is 29.9 Å². The van der Waals surface area contributed by atoms with Crippen LogP contribution in [0.3, 0.4) is 0 Å². The molecule has 0 radical (unpaired) electrons. The van der Waals surface area contributed by atoms with Crippen LogP contribution in [-0.4, -0.2) is 93.9 Å². The number of likely N-dealkylation sites (N-methyl/N-ethyl adjacent to an activating group) is 1. The number of ketones is 1. The molecule has 1 aromatic heterocycles. The number of ether oxygens (including phenoxy) is 1. The number of carbonyl (C=O) groups excluding carboxylic acids is 5. The third-order valence-electron chi connectivity index (χ3n) is 9.94. The molecule has 0 bridgehead atoms. The van der Waals surface area contributed by atoms with E-state index in [-0.39, 0.29) is 53.6 Å². The average Bonchev–Trinajstić information content (AvgIpc) is 3.76. The Hall–Kier alpha value is -3.68. The summed E-state index contributed by atoms with van der Waals surface area (Å²) < 4.78 is 13.5.